The van der Waals surface area contributed by atoms with Crippen molar-refractivity contribution >= 4 is 16.9 Å². The molecule has 0 amide bonds. The molecule has 0 aliphatic heterocycles. The highest BCUT2D eigenvalue weighted by Gasteiger charge is 2.17. The first-order chi connectivity index (χ1) is 8.40. The van der Waals surface area contributed by atoms with E-state index in [-0.39, 0.29) is 6.04 Å². The van der Waals surface area contributed by atoms with Gasteiger partial charge in [-0.15, -0.1) is 11.3 Å². The van der Waals surface area contributed by atoms with Crippen molar-refractivity contribution in [2.24, 2.45) is 0 Å². The molecule has 0 spiro atoms. The maximum absolute atomic E-state index is 4.34. The third kappa shape index (κ3) is 1.73. The summed E-state index contributed by atoms with van der Waals surface area (Å²) in [6.45, 7) is 0. The lowest BCUT2D eigenvalue weighted by Gasteiger charge is -2.12. The molecule has 4 nitrogen and oxygen atoms in total. The number of thiophene rings is 1. The number of rotatable bonds is 3. The van der Waals surface area contributed by atoms with E-state index in [0.29, 0.717) is 0 Å². The van der Waals surface area contributed by atoms with Crippen molar-refractivity contribution in [1.29, 1.82) is 0 Å². The lowest BCUT2D eigenvalue weighted by molar-refractivity contribution is 0.708. The average molecular weight is 244 g/mol. The summed E-state index contributed by atoms with van der Waals surface area (Å²) in [4.78, 5) is 5.44. The minimum atomic E-state index is 0.178. The zero-order valence-electron chi connectivity index (χ0n) is 9.37. The molecule has 0 saturated heterocycles. The maximum atomic E-state index is 4.34. The van der Waals surface area contributed by atoms with Crippen LogP contribution in [0.3, 0.4) is 0 Å². The van der Waals surface area contributed by atoms with E-state index in [1.165, 1.54) is 4.88 Å². The van der Waals surface area contributed by atoms with Crippen LogP contribution in [0.25, 0.3) is 5.52 Å². The van der Waals surface area contributed by atoms with Crippen LogP contribution in [0.4, 0.5) is 0 Å². The Labute approximate surface area is 103 Å². The van der Waals surface area contributed by atoms with Crippen LogP contribution >= 0.6 is 11.3 Å². The first kappa shape index (κ1) is 10.4. The normalized spacial score (nSPS) is 13.0. The second-order valence-electron chi connectivity index (χ2n) is 3.74. The molecule has 0 aliphatic rings. The van der Waals surface area contributed by atoms with Gasteiger partial charge in [-0.05, 0) is 18.5 Å². The van der Waals surface area contributed by atoms with Gasteiger partial charge >= 0.3 is 0 Å². The van der Waals surface area contributed by atoms with Crippen LogP contribution in [0, 0.1) is 0 Å². The number of hydrogen-bond donors (Lipinski definition) is 1. The Morgan fingerprint density at radius 2 is 2.35 bits per heavy atom. The van der Waals surface area contributed by atoms with Crippen LogP contribution in [0.5, 0.6) is 0 Å². The fourth-order valence-corrected chi connectivity index (χ4v) is 2.83. The van der Waals surface area contributed by atoms with Gasteiger partial charge in [-0.3, -0.25) is 4.98 Å². The number of nitrogens with zero attached hydrogens (tertiary/aromatic N) is 3. The molecule has 0 bridgehead atoms. The van der Waals surface area contributed by atoms with Gasteiger partial charge in [0.25, 0.3) is 0 Å². The van der Waals surface area contributed by atoms with Gasteiger partial charge in [-0.25, -0.2) is 4.52 Å². The third-order valence-electron chi connectivity index (χ3n) is 2.78. The Bertz CT molecular complexity index is 614. The van der Waals surface area contributed by atoms with Gasteiger partial charge in [-0.2, -0.15) is 5.10 Å². The van der Waals surface area contributed by atoms with Crippen LogP contribution in [-0.4, -0.2) is 21.6 Å². The van der Waals surface area contributed by atoms with Crippen LogP contribution < -0.4 is 5.32 Å². The van der Waals surface area contributed by atoms with Crippen molar-refractivity contribution in [1.82, 2.24) is 19.9 Å². The number of nitrogens with one attached hydrogen (secondary N) is 1. The summed E-state index contributed by atoms with van der Waals surface area (Å²) in [6, 6.07) is 4.37. The lowest BCUT2D eigenvalue weighted by Crippen LogP contribution is -2.16. The largest absolute Gasteiger partial charge is 0.309 e. The number of aromatic nitrogens is 3. The van der Waals surface area contributed by atoms with E-state index in [4.69, 9.17) is 0 Å². The van der Waals surface area contributed by atoms with E-state index in [9.17, 15) is 0 Å². The molecular weight excluding hydrogens is 232 g/mol. The molecule has 3 rings (SSSR count). The van der Waals surface area contributed by atoms with E-state index in [0.717, 1.165) is 11.1 Å². The highest BCUT2D eigenvalue weighted by atomic mass is 32.1. The predicted octanol–water partition coefficient (Wildman–Crippen LogP) is 2.10. The molecule has 0 fully saturated rings. The highest BCUT2D eigenvalue weighted by Crippen LogP contribution is 2.27. The summed E-state index contributed by atoms with van der Waals surface area (Å²) in [6.07, 6.45) is 7.35. The highest BCUT2D eigenvalue weighted by molar-refractivity contribution is 7.10. The lowest BCUT2D eigenvalue weighted by atomic mass is 10.1. The quantitative estimate of drug-likeness (QED) is 0.767. The zero-order chi connectivity index (χ0) is 11.7. The fourth-order valence-electron chi connectivity index (χ4n) is 1.98. The molecule has 1 N–H and O–H groups in total. The van der Waals surface area contributed by atoms with Crippen molar-refractivity contribution in [3.63, 3.8) is 0 Å². The molecule has 0 aliphatic carbocycles. The summed E-state index contributed by atoms with van der Waals surface area (Å²) >= 11 is 1.74. The van der Waals surface area contributed by atoms with Gasteiger partial charge in [0.1, 0.15) is 0 Å². The number of fused-ring (bicyclic) bond motifs is 1. The standard InChI is InChI=1S/C12H12N4S/c1-13-12(11-3-2-6-17-11)9-7-15-16-5-4-14-8-10(9)16/h2-8,12-13H,1H3. The van der Waals surface area contributed by atoms with Gasteiger partial charge in [0.05, 0.1) is 24.0 Å². The van der Waals surface area contributed by atoms with Crippen LogP contribution in [0.15, 0.2) is 42.3 Å². The molecule has 0 aromatic carbocycles. The monoisotopic (exact) mass is 244 g/mol. The SMILES string of the molecule is CNC(c1cccs1)c1cnn2ccncc12. The zero-order valence-corrected chi connectivity index (χ0v) is 10.2. The van der Waals surface area contributed by atoms with Crippen molar-refractivity contribution in [3.05, 3.63) is 52.7 Å². The summed E-state index contributed by atoms with van der Waals surface area (Å²) in [7, 11) is 1.96. The molecule has 5 heteroatoms. The summed E-state index contributed by atoms with van der Waals surface area (Å²) in [5, 5.41) is 9.75. The Balaban J connectivity index is 2.13. The molecule has 1 unspecified atom stereocenters. The van der Waals surface area contributed by atoms with Crippen molar-refractivity contribution in [2.75, 3.05) is 7.05 Å². The number of hydrogen-bond acceptors (Lipinski definition) is 4. The van der Waals surface area contributed by atoms with Crippen LogP contribution in [0.2, 0.25) is 0 Å². The molecular formula is C12H12N4S. The Morgan fingerprint density at radius 3 is 3.12 bits per heavy atom. The molecule has 3 aromatic heterocycles. The topological polar surface area (TPSA) is 42.2 Å². The van der Waals surface area contributed by atoms with Crippen molar-refractivity contribution < 1.29 is 0 Å². The Kier molecular flexibility index (Phi) is 2.62. The Hall–Kier alpha value is -1.72. The molecule has 3 aromatic rings. The summed E-state index contributed by atoms with van der Waals surface area (Å²) in [5.74, 6) is 0. The maximum Gasteiger partial charge on any atom is 0.0896 e. The van der Waals surface area contributed by atoms with Gasteiger partial charge < -0.3 is 5.32 Å². The molecule has 0 radical (unpaired) electrons. The summed E-state index contributed by atoms with van der Waals surface area (Å²) in [5.41, 5.74) is 2.20. The Morgan fingerprint density at radius 1 is 1.41 bits per heavy atom. The molecule has 86 valence electrons. The predicted molar refractivity (Wildman–Crippen MR) is 68.2 cm³/mol. The van der Waals surface area contributed by atoms with E-state index in [1.54, 1.807) is 17.5 Å². The first-order valence-corrected chi connectivity index (χ1v) is 6.26. The van der Waals surface area contributed by atoms with E-state index < -0.39 is 0 Å². The van der Waals surface area contributed by atoms with Crippen LogP contribution in [-0.2, 0) is 0 Å². The second-order valence-corrected chi connectivity index (χ2v) is 4.72. The smallest absolute Gasteiger partial charge is 0.0896 e. The minimum Gasteiger partial charge on any atom is -0.309 e. The molecule has 3 heterocycles. The second kappa shape index (κ2) is 4.27. The molecule has 0 saturated carbocycles. The molecule has 17 heavy (non-hydrogen) atoms. The van der Waals surface area contributed by atoms with E-state index in [1.807, 2.05) is 30.2 Å². The van der Waals surface area contributed by atoms with E-state index in [2.05, 4.69) is 32.9 Å². The first-order valence-electron chi connectivity index (χ1n) is 5.38. The third-order valence-corrected chi connectivity index (χ3v) is 3.72. The van der Waals surface area contributed by atoms with Crippen molar-refractivity contribution in [2.45, 2.75) is 6.04 Å². The fraction of sp³-hybridized carbons (Fsp3) is 0.167. The van der Waals surface area contributed by atoms with Crippen molar-refractivity contribution in [3.8, 4) is 0 Å². The van der Waals surface area contributed by atoms with Gasteiger partial charge in [0.15, 0.2) is 0 Å². The van der Waals surface area contributed by atoms with E-state index >= 15 is 0 Å². The molecule has 1 atom stereocenters. The minimum absolute atomic E-state index is 0.178. The average Bonchev–Trinajstić information content (AvgIpc) is 3.01. The van der Waals surface area contributed by atoms with Gasteiger partial charge in [0.2, 0.25) is 0 Å². The van der Waals surface area contributed by atoms with Gasteiger partial charge in [0, 0.05) is 22.8 Å². The van der Waals surface area contributed by atoms with Gasteiger partial charge in [-0.1, -0.05) is 6.07 Å². The van der Waals surface area contributed by atoms with Crippen LogP contribution in [0.1, 0.15) is 16.5 Å². The summed E-state index contributed by atoms with van der Waals surface area (Å²) < 4.78 is 1.85.